The number of hydrogen-bond donors (Lipinski definition) is 1. The first-order valence-electron chi connectivity index (χ1n) is 8.89. The lowest BCUT2D eigenvalue weighted by molar-refractivity contribution is -0.141. The van der Waals surface area contributed by atoms with Gasteiger partial charge in [0.25, 0.3) is 0 Å². The van der Waals surface area contributed by atoms with Gasteiger partial charge in [0, 0.05) is 17.5 Å². The summed E-state index contributed by atoms with van der Waals surface area (Å²) < 4.78 is 53.7. The Kier molecular flexibility index (Phi) is 5.28. The molecule has 1 aliphatic rings. The van der Waals surface area contributed by atoms with Crippen LogP contribution in [0, 0.1) is 23.4 Å². The van der Waals surface area contributed by atoms with E-state index in [1.807, 2.05) is 13.8 Å². The average Bonchev–Trinajstić information content (AvgIpc) is 2.87. The summed E-state index contributed by atoms with van der Waals surface area (Å²) in [6.07, 6.45) is 0.510. The Morgan fingerprint density at radius 3 is 2.46 bits per heavy atom. The summed E-state index contributed by atoms with van der Waals surface area (Å²) in [7, 11) is 0. The molecule has 2 aromatic carbocycles. The van der Waals surface area contributed by atoms with E-state index in [1.165, 1.54) is 19.1 Å². The van der Waals surface area contributed by atoms with Crippen LogP contribution in [0.3, 0.4) is 0 Å². The van der Waals surface area contributed by atoms with Gasteiger partial charge in [0.2, 0.25) is 0 Å². The molecule has 0 fully saturated rings. The summed E-state index contributed by atoms with van der Waals surface area (Å²) in [4.78, 5) is 10.9. The van der Waals surface area contributed by atoms with Crippen molar-refractivity contribution in [2.45, 2.75) is 45.8 Å². The van der Waals surface area contributed by atoms with Gasteiger partial charge in [-0.25, -0.2) is 13.2 Å². The van der Waals surface area contributed by atoms with Gasteiger partial charge in [-0.05, 0) is 50.1 Å². The van der Waals surface area contributed by atoms with Gasteiger partial charge in [0.05, 0.1) is 5.92 Å². The number of aliphatic carboxylic acids is 1. The predicted molar refractivity (Wildman–Crippen MR) is 96.0 cm³/mol. The Hall–Kier alpha value is -2.70. The van der Waals surface area contributed by atoms with Crippen LogP contribution in [0.2, 0.25) is 0 Å². The molecule has 1 heterocycles. The molecule has 0 aromatic heterocycles. The van der Waals surface area contributed by atoms with Gasteiger partial charge < -0.3 is 14.6 Å². The molecule has 0 aliphatic carbocycles. The van der Waals surface area contributed by atoms with Crippen molar-refractivity contribution in [2.24, 2.45) is 5.92 Å². The number of rotatable bonds is 6. The van der Waals surface area contributed by atoms with Crippen molar-refractivity contribution in [3.05, 3.63) is 58.4 Å². The summed E-state index contributed by atoms with van der Waals surface area (Å²) >= 11 is 0. The molecule has 0 saturated carbocycles. The molecule has 4 nitrogen and oxygen atoms in total. The maximum Gasteiger partial charge on any atom is 0.306 e. The molecule has 1 N–H and O–H groups in total. The van der Waals surface area contributed by atoms with Crippen LogP contribution in [0.4, 0.5) is 13.2 Å². The number of benzene rings is 2. The highest BCUT2D eigenvalue weighted by Crippen LogP contribution is 2.39. The lowest BCUT2D eigenvalue weighted by atomic mass is 10.0. The smallest absolute Gasteiger partial charge is 0.306 e. The third-order valence-corrected chi connectivity index (χ3v) is 4.60. The van der Waals surface area contributed by atoms with Crippen LogP contribution in [0.5, 0.6) is 11.5 Å². The molecule has 28 heavy (non-hydrogen) atoms. The molecule has 0 amide bonds. The Morgan fingerprint density at radius 2 is 1.86 bits per heavy atom. The van der Waals surface area contributed by atoms with E-state index in [0.717, 1.165) is 12.1 Å². The lowest BCUT2D eigenvalue weighted by Crippen LogP contribution is -2.25. The van der Waals surface area contributed by atoms with Gasteiger partial charge in [0.15, 0.2) is 17.4 Å². The SMILES string of the molecule is CC(Cc1cc(F)c(OCc2cc(F)cc3c2OC(C)(C)C3)c(F)c1)C(=O)O. The van der Waals surface area contributed by atoms with E-state index in [0.29, 0.717) is 23.3 Å². The summed E-state index contributed by atoms with van der Waals surface area (Å²) in [5.74, 6) is -4.31. The number of hydrogen-bond acceptors (Lipinski definition) is 3. The fraction of sp³-hybridized carbons (Fsp3) is 0.381. The van der Waals surface area contributed by atoms with Gasteiger partial charge in [-0.1, -0.05) is 6.92 Å². The third-order valence-electron chi connectivity index (χ3n) is 4.60. The lowest BCUT2D eigenvalue weighted by Gasteiger charge is -2.18. The van der Waals surface area contributed by atoms with Crippen LogP contribution in [0.1, 0.15) is 37.5 Å². The molecule has 1 unspecified atom stereocenters. The van der Waals surface area contributed by atoms with E-state index in [2.05, 4.69) is 0 Å². The summed E-state index contributed by atoms with van der Waals surface area (Å²) in [6, 6.07) is 4.70. The molecule has 0 radical (unpaired) electrons. The molecule has 3 rings (SSSR count). The van der Waals surface area contributed by atoms with E-state index in [9.17, 15) is 18.0 Å². The van der Waals surface area contributed by atoms with Crippen molar-refractivity contribution in [2.75, 3.05) is 0 Å². The highest BCUT2D eigenvalue weighted by Gasteiger charge is 2.32. The van der Waals surface area contributed by atoms with Gasteiger partial charge in [-0.15, -0.1) is 0 Å². The van der Waals surface area contributed by atoms with E-state index in [1.54, 1.807) is 0 Å². The zero-order valence-corrected chi connectivity index (χ0v) is 15.8. The second-order valence-corrected chi connectivity index (χ2v) is 7.71. The number of carbonyl (C=O) groups is 1. The number of fused-ring (bicyclic) bond motifs is 1. The first-order valence-corrected chi connectivity index (χ1v) is 8.89. The van der Waals surface area contributed by atoms with Crippen LogP contribution in [-0.4, -0.2) is 16.7 Å². The van der Waals surface area contributed by atoms with Crippen molar-refractivity contribution in [1.82, 2.24) is 0 Å². The van der Waals surface area contributed by atoms with Crippen molar-refractivity contribution in [3.63, 3.8) is 0 Å². The molecule has 2 aromatic rings. The largest absolute Gasteiger partial charge is 0.487 e. The Bertz CT molecular complexity index is 901. The zero-order valence-electron chi connectivity index (χ0n) is 15.8. The van der Waals surface area contributed by atoms with E-state index in [4.69, 9.17) is 14.6 Å². The van der Waals surface area contributed by atoms with Crippen LogP contribution in [0.25, 0.3) is 0 Å². The second-order valence-electron chi connectivity index (χ2n) is 7.71. The molecule has 7 heteroatoms. The van der Waals surface area contributed by atoms with Crippen LogP contribution >= 0.6 is 0 Å². The fourth-order valence-electron chi connectivity index (χ4n) is 3.31. The quantitative estimate of drug-likeness (QED) is 0.774. The van der Waals surface area contributed by atoms with Crippen molar-refractivity contribution in [3.8, 4) is 11.5 Å². The number of carboxylic acid groups (broad SMARTS) is 1. The minimum Gasteiger partial charge on any atom is -0.487 e. The standard InChI is InChI=1S/C21H21F3O4/c1-11(20(25)26)4-12-5-16(23)19(17(24)6-12)27-10-14-8-15(22)7-13-9-21(2,3)28-18(13)14/h5-8,11H,4,9-10H2,1-3H3,(H,25,26). The van der Waals surface area contributed by atoms with Crippen LogP contribution < -0.4 is 9.47 Å². The first-order chi connectivity index (χ1) is 13.1. The Labute approximate surface area is 160 Å². The van der Waals surface area contributed by atoms with Crippen molar-refractivity contribution in [1.29, 1.82) is 0 Å². The zero-order chi connectivity index (χ0) is 20.6. The monoisotopic (exact) mass is 394 g/mol. The number of carboxylic acids is 1. The van der Waals surface area contributed by atoms with Crippen LogP contribution in [0.15, 0.2) is 24.3 Å². The van der Waals surface area contributed by atoms with Gasteiger partial charge >= 0.3 is 5.97 Å². The molecule has 0 spiro atoms. The molecule has 1 atom stereocenters. The van der Waals surface area contributed by atoms with Crippen molar-refractivity contribution >= 4 is 5.97 Å². The van der Waals surface area contributed by atoms with E-state index in [-0.39, 0.29) is 18.6 Å². The normalized spacial score (nSPS) is 15.6. The number of ether oxygens (including phenoxy) is 2. The van der Waals surface area contributed by atoms with E-state index >= 15 is 0 Å². The Balaban J connectivity index is 1.80. The molecule has 1 aliphatic heterocycles. The molecule has 150 valence electrons. The minimum absolute atomic E-state index is 0.0101. The van der Waals surface area contributed by atoms with Gasteiger partial charge in [-0.3, -0.25) is 4.79 Å². The second kappa shape index (κ2) is 7.37. The average molecular weight is 394 g/mol. The molecule has 0 bridgehead atoms. The summed E-state index contributed by atoms with van der Waals surface area (Å²) in [5, 5.41) is 8.93. The minimum atomic E-state index is -1.05. The first kappa shape index (κ1) is 20.0. The summed E-state index contributed by atoms with van der Waals surface area (Å²) in [6.45, 7) is 4.92. The fourth-order valence-corrected chi connectivity index (χ4v) is 3.31. The van der Waals surface area contributed by atoms with Gasteiger partial charge in [0.1, 0.15) is 23.8 Å². The third kappa shape index (κ3) is 4.24. The molecular weight excluding hydrogens is 373 g/mol. The Morgan fingerprint density at radius 1 is 1.21 bits per heavy atom. The maximum absolute atomic E-state index is 14.3. The van der Waals surface area contributed by atoms with Gasteiger partial charge in [-0.2, -0.15) is 0 Å². The molecule has 0 saturated heterocycles. The van der Waals surface area contributed by atoms with Crippen LogP contribution in [-0.2, 0) is 24.2 Å². The van der Waals surface area contributed by atoms with Crippen molar-refractivity contribution < 1.29 is 32.5 Å². The molecular formula is C21H21F3O4. The highest BCUT2D eigenvalue weighted by atomic mass is 19.1. The summed E-state index contributed by atoms with van der Waals surface area (Å²) in [5.41, 5.74) is 0.767. The maximum atomic E-state index is 14.3. The topological polar surface area (TPSA) is 55.8 Å². The number of halogens is 3. The predicted octanol–water partition coefficient (Wildman–Crippen LogP) is 4.66. The highest BCUT2D eigenvalue weighted by molar-refractivity contribution is 5.69. The van der Waals surface area contributed by atoms with E-state index < -0.39 is 40.7 Å².